The van der Waals surface area contributed by atoms with Crippen LogP contribution >= 0.6 is 11.8 Å². The molecule has 0 aliphatic carbocycles. The maximum atomic E-state index is 11.1. The number of hydrogen-bond acceptors (Lipinski definition) is 4. The molecule has 0 atom stereocenters. The highest BCUT2D eigenvalue weighted by atomic mass is 32.2. The van der Waals surface area contributed by atoms with Gasteiger partial charge < -0.3 is 5.73 Å². The predicted molar refractivity (Wildman–Crippen MR) is 67.8 cm³/mol. The summed E-state index contributed by atoms with van der Waals surface area (Å²) in [7, 11) is 0. The molecule has 0 unspecified atom stereocenters. The third kappa shape index (κ3) is 2.45. The van der Waals surface area contributed by atoms with Gasteiger partial charge in [-0.1, -0.05) is 6.07 Å². The van der Waals surface area contributed by atoms with E-state index in [1.165, 1.54) is 0 Å². The van der Waals surface area contributed by atoms with Crippen molar-refractivity contribution in [1.29, 1.82) is 0 Å². The quantitative estimate of drug-likeness (QED) is 0.839. The van der Waals surface area contributed by atoms with E-state index in [4.69, 9.17) is 5.73 Å². The Morgan fingerprint density at radius 1 is 1.29 bits per heavy atom. The Balaban J connectivity index is 2.52. The number of nitrogens with zero attached hydrogens (tertiary/aromatic N) is 2. The topological polar surface area (TPSA) is 68.9 Å². The van der Waals surface area contributed by atoms with Gasteiger partial charge in [-0.05, 0) is 30.0 Å². The highest BCUT2D eigenvalue weighted by Gasteiger charge is 2.08. The molecule has 0 aliphatic rings. The van der Waals surface area contributed by atoms with Crippen molar-refractivity contribution in [2.45, 2.75) is 5.03 Å². The fourth-order valence-corrected chi connectivity index (χ4v) is 2.08. The van der Waals surface area contributed by atoms with Crippen molar-refractivity contribution in [3.8, 4) is 11.1 Å². The fraction of sp³-hybridized carbons (Fsp3) is 0.0833. The van der Waals surface area contributed by atoms with Gasteiger partial charge in [0.25, 0.3) is 5.91 Å². The van der Waals surface area contributed by atoms with Crippen LogP contribution in [0.25, 0.3) is 11.1 Å². The Labute approximate surface area is 103 Å². The van der Waals surface area contributed by atoms with Crippen LogP contribution in [0.2, 0.25) is 0 Å². The van der Waals surface area contributed by atoms with Crippen LogP contribution in [0.3, 0.4) is 0 Å². The van der Waals surface area contributed by atoms with Gasteiger partial charge in [-0.3, -0.25) is 9.78 Å². The fourth-order valence-electron chi connectivity index (χ4n) is 1.51. The highest BCUT2D eigenvalue weighted by Crippen LogP contribution is 2.27. The van der Waals surface area contributed by atoms with Crippen LogP contribution in [-0.4, -0.2) is 22.1 Å². The van der Waals surface area contributed by atoms with Gasteiger partial charge in [-0.25, -0.2) is 4.98 Å². The molecule has 0 aromatic carbocycles. The zero-order valence-electron chi connectivity index (χ0n) is 9.25. The Morgan fingerprint density at radius 2 is 2.12 bits per heavy atom. The van der Waals surface area contributed by atoms with Crippen molar-refractivity contribution in [2.75, 3.05) is 6.26 Å². The van der Waals surface area contributed by atoms with E-state index in [1.54, 1.807) is 30.2 Å². The number of carbonyl (C=O) groups excluding carboxylic acids is 1. The molecule has 2 N–H and O–H groups in total. The lowest BCUT2D eigenvalue weighted by molar-refractivity contribution is 0.0995. The lowest BCUT2D eigenvalue weighted by Crippen LogP contribution is -2.12. The molecule has 0 spiro atoms. The number of carbonyl (C=O) groups is 1. The van der Waals surface area contributed by atoms with Crippen molar-refractivity contribution < 1.29 is 4.79 Å². The lowest BCUT2D eigenvalue weighted by atomic mass is 10.1. The largest absolute Gasteiger partial charge is 0.364 e. The summed E-state index contributed by atoms with van der Waals surface area (Å²) in [6, 6.07) is 7.33. The first kappa shape index (κ1) is 11.6. The molecule has 2 aromatic rings. The number of hydrogen-bond donors (Lipinski definition) is 1. The second-order valence-corrected chi connectivity index (χ2v) is 4.15. The van der Waals surface area contributed by atoms with E-state index in [0.717, 1.165) is 16.2 Å². The molecule has 2 rings (SSSR count). The minimum Gasteiger partial charge on any atom is -0.364 e. The summed E-state index contributed by atoms with van der Waals surface area (Å²) in [5.41, 5.74) is 7.34. The van der Waals surface area contributed by atoms with Crippen LogP contribution in [0.4, 0.5) is 0 Å². The molecule has 2 aromatic heterocycles. The molecule has 0 bridgehead atoms. The summed E-state index contributed by atoms with van der Waals surface area (Å²) in [4.78, 5) is 19.3. The van der Waals surface area contributed by atoms with E-state index in [2.05, 4.69) is 9.97 Å². The molecule has 0 saturated heterocycles. The minimum atomic E-state index is -0.526. The first-order chi connectivity index (χ1) is 8.22. The maximum absolute atomic E-state index is 11.1. The molecule has 17 heavy (non-hydrogen) atoms. The molecule has 0 fully saturated rings. The van der Waals surface area contributed by atoms with Crippen LogP contribution in [0.15, 0.2) is 41.7 Å². The first-order valence-electron chi connectivity index (χ1n) is 4.97. The summed E-state index contributed by atoms with van der Waals surface area (Å²) >= 11 is 1.56. The smallest absolute Gasteiger partial charge is 0.267 e. The average Bonchev–Trinajstić information content (AvgIpc) is 2.39. The number of primary amides is 1. The van der Waals surface area contributed by atoms with Gasteiger partial charge in [0, 0.05) is 18.0 Å². The standard InChI is InChI=1S/C12H11N3OS/c1-17-12-9(3-2-5-15-12)8-4-6-14-10(7-8)11(13)16/h2-7H,1H3,(H2,13,16). The zero-order valence-corrected chi connectivity index (χ0v) is 10.1. The SMILES string of the molecule is CSc1ncccc1-c1ccnc(C(N)=O)c1. The minimum absolute atomic E-state index is 0.262. The molecule has 1 amide bonds. The number of rotatable bonds is 3. The van der Waals surface area contributed by atoms with Crippen molar-refractivity contribution in [3.05, 3.63) is 42.4 Å². The number of amides is 1. The Morgan fingerprint density at radius 3 is 2.82 bits per heavy atom. The normalized spacial score (nSPS) is 10.2. The van der Waals surface area contributed by atoms with E-state index in [0.29, 0.717) is 0 Å². The van der Waals surface area contributed by atoms with E-state index >= 15 is 0 Å². The second-order valence-electron chi connectivity index (χ2n) is 3.35. The average molecular weight is 245 g/mol. The summed E-state index contributed by atoms with van der Waals surface area (Å²) < 4.78 is 0. The molecule has 0 aliphatic heterocycles. The number of nitrogens with two attached hydrogens (primary N) is 1. The molecule has 0 saturated carbocycles. The van der Waals surface area contributed by atoms with Crippen molar-refractivity contribution >= 4 is 17.7 Å². The number of aromatic nitrogens is 2. The van der Waals surface area contributed by atoms with Gasteiger partial charge in [-0.2, -0.15) is 0 Å². The molecule has 0 radical (unpaired) electrons. The van der Waals surface area contributed by atoms with E-state index in [9.17, 15) is 4.79 Å². The molecule has 2 heterocycles. The summed E-state index contributed by atoms with van der Waals surface area (Å²) in [5, 5.41) is 0.911. The molecular formula is C12H11N3OS. The van der Waals surface area contributed by atoms with E-state index in [-0.39, 0.29) is 5.69 Å². The summed E-state index contributed by atoms with van der Waals surface area (Å²) in [6.07, 6.45) is 5.28. The lowest BCUT2D eigenvalue weighted by Gasteiger charge is -2.06. The van der Waals surface area contributed by atoms with Crippen LogP contribution in [-0.2, 0) is 0 Å². The predicted octanol–water partition coefficient (Wildman–Crippen LogP) is 1.96. The number of thioether (sulfide) groups is 1. The van der Waals surface area contributed by atoms with Crippen LogP contribution in [0, 0.1) is 0 Å². The maximum Gasteiger partial charge on any atom is 0.267 e. The van der Waals surface area contributed by atoms with Crippen LogP contribution < -0.4 is 5.73 Å². The van der Waals surface area contributed by atoms with Gasteiger partial charge in [0.05, 0.1) is 0 Å². The van der Waals surface area contributed by atoms with Gasteiger partial charge in [0.2, 0.25) is 0 Å². The van der Waals surface area contributed by atoms with Crippen LogP contribution in [0.1, 0.15) is 10.5 Å². The van der Waals surface area contributed by atoms with E-state index < -0.39 is 5.91 Å². The molecule has 5 heteroatoms. The third-order valence-electron chi connectivity index (χ3n) is 2.29. The van der Waals surface area contributed by atoms with Crippen molar-refractivity contribution in [2.24, 2.45) is 5.73 Å². The van der Waals surface area contributed by atoms with Crippen molar-refractivity contribution in [1.82, 2.24) is 9.97 Å². The second kappa shape index (κ2) is 4.97. The van der Waals surface area contributed by atoms with E-state index in [1.807, 2.05) is 24.5 Å². The summed E-state index contributed by atoms with van der Waals surface area (Å²) in [6.45, 7) is 0. The zero-order chi connectivity index (χ0) is 12.3. The van der Waals surface area contributed by atoms with Gasteiger partial charge >= 0.3 is 0 Å². The van der Waals surface area contributed by atoms with Crippen LogP contribution in [0.5, 0.6) is 0 Å². The van der Waals surface area contributed by atoms with Gasteiger partial charge in [0.15, 0.2) is 0 Å². The monoisotopic (exact) mass is 245 g/mol. The van der Waals surface area contributed by atoms with Gasteiger partial charge in [-0.15, -0.1) is 11.8 Å². The Bertz CT molecular complexity index is 557. The molecule has 4 nitrogen and oxygen atoms in total. The summed E-state index contributed by atoms with van der Waals surface area (Å²) in [5.74, 6) is -0.526. The Kier molecular flexibility index (Phi) is 3.39. The third-order valence-corrected chi connectivity index (χ3v) is 3.00. The molecule has 86 valence electrons. The van der Waals surface area contributed by atoms with Gasteiger partial charge in [0.1, 0.15) is 10.7 Å². The first-order valence-corrected chi connectivity index (χ1v) is 6.20. The molecular weight excluding hydrogens is 234 g/mol. The highest BCUT2D eigenvalue weighted by molar-refractivity contribution is 7.98. The Hall–Kier alpha value is -1.88. The van der Waals surface area contributed by atoms with Crippen molar-refractivity contribution in [3.63, 3.8) is 0 Å². The number of pyridine rings is 2.